The maximum absolute atomic E-state index is 11.8. The molecule has 1 aromatic heterocycles. The highest BCUT2D eigenvalue weighted by molar-refractivity contribution is 5.76. The number of nitrogens with one attached hydrogen (secondary N) is 1. The minimum Gasteiger partial charge on any atom is -0.481 e. The van der Waals surface area contributed by atoms with E-state index >= 15 is 0 Å². The number of pyridine rings is 1. The van der Waals surface area contributed by atoms with Gasteiger partial charge in [0.2, 0.25) is 5.88 Å². The average Bonchev–Trinajstić information content (AvgIpc) is 2.92. The molecule has 1 aliphatic rings. The van der Waals surface area contributed by atoms with Crippen LogP contribution in [0.5, 0.6) is 5.88 Å². The van der Waals surface area contributed by atoms with E-state index < -0.39 is 6.04 Å². The third-order valence-corrected chi connectivity index (χ3v) is 3.34. The van der Waals surface area contributed by atoms with Crippen LogP contribution in [0.3, 0.4) is 0 Å². The Morgan fingerprint density at radius 2 is 2.40 bits per heavy atom. The van der Waals surface area contributed by atoms with Gasteiger partial charge in [0.05, 0.1) is 31.7 Å². The summed E-state index contributed by atoms with van der Waals surface area (Å²) in [5.74, 6) is -0.0708. The van der Waals surface area contributed by atoms with Crippen LogP contribution in [-0.2, 0) is 9.53 Å². The molecule has 0 aliphatic carbocycles. The monoisotopic (exact) mass is 275 g/mol. The predicted molar refractivity (Wildman–Crippen MR) is 70.8 cm³/mol. The first kappa shape index (κ1) is 14.3. The predicted octanol–water partition coefficient (Wildman–Crippen LogP) is 1.20. The van der Waals surface area contributed by atoms with E-state index in [2.05, 4.69) is 16.4 Å². The van der Waals surface area contributed by atoms with E-state index in [1.807, 2.05) is 6.07 Å². The number of carbonyl (C=O) groups is 1. The molecule has 6 heteroatoms. The number of carbonyl (C=O) groups excluding carboxylic acids is 1. The Kier molecular flexibility index (Phi) is 4.53. The molecule has 0 bridgehead atoms. The van der Waals surface area contributed by atoms with Crippen molar-refractivity contribution in [2.45, 2.75) is 25.4 Å². The summed E-state index contributed by atoms with van der Waals surface area (Å²) in [6.07, 6.45) is 2.11. The van der Waals surface area contributed by atoms with Gasteiger partial charge in [-0.2, -0.15) is 5.26 Å². The summed E-state index contributed by atoms with van der Waals surface area (Å²) in [7, 11) is 1.55. The molecule has 106 valence electrons. The number of ether oxygens (including phenoxy) is 2. The summed E-state index contributed by atoms with van der Waals surface area (Å²) in [4.78, 5) is 15.9. The van der Waals surface area contributed by atoms with E-state index in [9.17, 15) is 10.1 Å². The Bertz CT molecular complexity index is 509. The van der Waals surface area contributed by atoms with Crippen molar-refractivity contribution in [1.29, 1.82) is 5.26 Å². The van der Waals surface area contributed by atoms with Gasteiger partial charge in [0, 0.05) is 12.3 Å². The number of hydrogen-bond acceptors (Lipinski definition) is 6. The molecule has 3 atom stereocenters. The zero-order valence-electron chi connectivity index (χ0n) is 11.5. The zero-order chi connectivity index (χ0) is 14.5. The first-order valence-corrected chi connectivity index (χ1v) is 6.51. The van der Waals surface area contributed by atoms with Gasteiger partial charge in [-0.15, -0.1) is 0 Å². The van der Waals surface area contributed by atoms with Crippen molar-refractivity contribution in [3.8, 4) is 11.9 Å². The summed E-state index contributed by atoms with van der Waals surface area (Å²) in [6.45, 7) is 2.10. The second-order valence-electron chi connectivity index (χ2n) is 4.55. The van der Waals surface area contributed by atoms with E-state index in [1.165, 1.54) is 0 Å². The number of rotatable bonds is 4. The maximum atomic E-state index is 11.8. The fourth-order valence-electron chi connectivity index (χ4n) is 2.35. The molecular weight excluding hydrogens is 258 g/mol. The second kappa shape index (κ2) is 6.35. The Balaban J connectivity index is 2.14. The number of nitrogens with zero attached hydrogens (tertiary/aromatic N) is 2. The first-order valence-electron chi connectivity index (χ1n) is 6.51. The molecule has 3 unspecified atom stereocenters. The van der Waals surface area contributed by atoms with E-state index in [-0.39, 0.29) is 17.9 Å². The van der Waals surface area contributed by atoms with Gasteiger partial charge in [0.25, 0.3) is 0 Å². The van der Waals surface area contributed by atoms with Crippen LogP contribution in [0.2, 0.25) is 0 Å². The van der Waals surface area contributed by atoms with Gasteiger partial charge in [0.15, 0.2) is 0 Å². The molecule has 20 heavy (non-hydrogen) atoms. The molecule has 2 rings (SSSR count). The topological polar surface area (TPSA) is 84.2 Å². The lowest BCUT2D eigenvalue weighted by atomic mass is 9.96. The van der Waals surface area contributed by atoms with Crippen molar-refractivity contribution in [3.63, 3.8) is 0 Å². The van der Waals surface area contributed by atoms with Gasteiger partial charge < -0.3 is 9.47 Å². The van der Waals surface area contributed by atoms with Crippen molar-refractivity contribution >= 4 is 5.97 Å². The van der Waals surface area contributed by atoms with Crippen molar-refractivity contribution < 1.29 is 14.3 Å². The third kappa shape index (κ3) is 2.89. The highest BCUT2D eigenvalue weighted by Crippen LogP contribution is 2.32. The van der Waals surface area contributed by atoms with Crippen LogP contribution < -0.4 is 10.1 Å². The molecule has 0 aromatic carbocycles. The molecular formula is C14H17N3O3. The van der Waals surface area contributed by atoms with Crippen molar-refractivity contribution in [1.82, 2.24) is 10.3 Å². The number of hydrogen-bond donors (Lipinski definition) is 1. The van der Waals surface area contributed by atoms with Crippen LogP contribution in [0.15, 0.2) is 18.3 Å². The number of nitriles is 1. The quantitative estimate of drug-likeness (QED) is 0.831. The minimum absolute atomic E-state index is 0.215. The Morgan fingerprint density at radius 3 is 2.95 bits per heavy atom. The molecule has 0 saturated carbocycles. The lowest BCUT2D eigenvalue weighted by Crippen LogP contribution is -2.33. The number of aromatic nitrogens is 1. The molecule has 1 aliphatic heterocycles. The van der Waals surface area contributed by atoms with Crippen LogP contribution in [0, 0.1) is 17.2 Å². The lowest BCUT2D eigenvalue weighted by Gasteiger charge is -2.15. The lowest BCUT2D eigenvalue weighted by molar-refractivity contribution is -0.145. The van der Waals surface area contributed by atoms with Gasteiger partial charge in [-0.05, 0) is 18.9 Å². The highest BCUT2D eigenvalue weighted by Gasteiger charge is 2.39. The SMILES string of the molecule is CCOC(=O)C1CC(C#N)C(c2ccc(OC)nc2)N1. The van der Waals surface area contributed by atoms with Crippen molar-refractivity contribution in [3.05, 3.63) is 23.9 Å². The van der Waals surface area contributed by atoms with Gasteiger partial charge in [-0.3, -0.25) is 10.1 Å². The zero-order valence-corrected chi connectivity index (χ0v) is 11.5. The molecule has 1 N–H and O–H groups in total. The van der Waals surface area contributed by atoms with Crippen molar-refractivity contribution in [2.24, 2.45) is 5.92 Å². The van der Waals surface area contributed by atoms with Crippen LogP contribution in [0.25, 0.3) is 0 Å². The largest absolute Gasteiger partial charge is 0.481 e. The van der Waals surface area contributed by atoms with Gasteiger partial charge in [0.1, 0.15) is 6.04 Å². The summed E-state index contributed by atoms with van der Waals surface area (Å²) in [6, 6.07) is 5.17. The van der Waals surface area contributed by atoms with Gasteiger partial charge in [-0.25, -0.2) is 4.98 Å². The van der Waals surface area contributed by atoms with Gasteiger partial charge >= 0.3 is 5.97 Å². The molecule has 6 nitrogen and oxygen atoms in total. The van der Waals surface area contributed by atoms with Crippen molar-refractivity contribution in [2.75, 3.05) is 13.7 Å². The molecule has 1 fully saturated rings. The summed E-state index contributed by atoms with van der Waals surface area (Å²) in [5, 5.41) is 12.4. The molecule has 0 spiro atoms. The first-order chi connectivity index (χ1) is 9.69. The summed E-state index contributed by atoms with van der Waals surface area (Å²) in [5.41, 5.74) is 0.865. The van der Waals surface area contributed by atoms with Gasteiger partial charge in [-0.1, -0.05) is 6.07 Å². The molecule has 2 heterocycles. The minimum atomic E-state index is -0.438. The Hall–Kier alpha value is -2.13. The number of esters is 1. The van der Waals surface area contributed by atoms with Crippen LogP contribution in [0.4, 0.5) is 0 Å². The van der Waals surface area contributed by atoms with E-state index in [1.54, 1.807) is 26.3 Å². The second-order valence-corrected chi connectivity index (χ2v) is 4.55. The number of methoxy groups -OCH3 is 1. The van der Waals surface area contributed by atoms with E-state index in [0.29, 0.717) is 18.9 Å². The fraction of sp³-hybridized carbons (Fsp3) is 0.500. The molecule has 0 radical (unpaired) electrons. The molecule has 0 amide bonds. The fourth-order valence-corrected chi connectivity index (χ4v) is 2.35. The molecule has 1 aromatic rings. The third-order valence-electron chi connectivity index (χ3n) is 3.34. The normalized spacial score (nSPS) is 24.9. The molecule has 1 saturated heterocycles. The van der Waals surface area contributed by atoms with E-state index in [4.69, 9.17) is 9.47 Å². The maximum Gasteiger partial charge on any atom is 0.323 e. The van der Waals surface area contributed by atoms with Crippen LogP contribution in [0.1, 0.15) is 24.9 Å². The average molecular weight is 275 g/mol. The van der Waals surface area contributed by atoms with Crippen LogP contribution >= 0.6 is 0 Å². The summed E-state index contributed by atoms with van der Waals surface area (Å²) >= 11 is 0. The standard InChI is InChI=1S/C14H17N3O3/c1-3-20-14(18)11-6-10(7-15)13(17-11)9-4-5-12(19-2)16-8-9/h4-5,8,10-11,13,17H,3,6H2,1-2H3. The van der Waals surface area contributed by atoms with Crippen LogP contribution in [-0.4, -0.2) is 30.7 Å². The highest BCUT2D eigenvalue weighted by atomic mass is 16.5. The van der Waals surface area contributed by atoms with E-state index in [0.717, 1.165) is 5.56 Å². The summed E-state index contributed by atoms with van der Waals surface area (Å²) < 4.78 is 10.00. The smallest absolute Gasteiger partial charge is 0.323 e. The Morgan fingerprint density at radius 1 is 1.60 bits per heavy atom. The Labute approximate surface area is 117 Å².